The van der Waals surface area contributed by atoms with Crippen molar-refractivity contribution >= 4 is 12.1 Å². The van der Waals surface area contributed by atoms with Gasteiger partial charge in [0.25, 0.3) is 0 Å². The number of esters is 1. The van der Waals surface area contributed by atoms with E-state index in [9.17, 15) is 14.7 Å². The summed E-state index contributed by atoms with van der Waals surface area (Å²) in [6, 6.07) is -0.0899. The molecule has 7 heteroatoms. The molecule has 1 aliphatic heterocycles. The monoisotopic (exact) mass is 269 g/mol. The van der Waals surface area contributed by atoms with Crippen LogP contribution >= 0.6 is 0 Å². The highest BCUT2D eigenvalue weighted by atomic mass is 16.5. The van der Waals surface area contributed by atoms with Crippen LogP contribution in [-0.2, 0) is 9.53 Å². The number of amides is 1. The van der Waals surface area contributed by atoms with Gasteiger partial charge < -0.3 is 15.3 Å². The van der Waals surface area contributed by atoms with E-state index in [2.05, 4.69) is 12.0 Å². The summed E-state index contributed by atoms with van der Waals surface area (Å²) >= 11 is 0. The second-order valence-electron chi connectivity index (χ2n) is 4.37. The van der Waals surface area contributed by atoms with Gasteiger partial charge in [-0.3, -0.25) is 0 Å². The molecule has 0 spiro atoms. The molecule has 0 aliphatic carbocycles. The summed E-state index contributed by atoms with van der Waals surface area (Å²) < 4.78 is 4.89. The minimum absolute atomic E-state index is 0.0259. The number of ether oxygens (including phenoxy) is 1. The Morgan fingerprint density at radius 1 is 1.63 bits per heavy atom. The van der Waals surface area contributed by atoms with Crippen LogP contribution < -0.4 is 5.43 Å². The molecule has 106 valence electrons. The number of hydrogen-bond acceptors (Lipinski definition) is 5. The topological polar surface area (TPSA) is 82.1 Å². The van der Waals surface area contributed by atoms with Crippen molar-refractivity contribution in [3.05, 3.63) is 23.9 Å². The molecular weight excluding hydrogens is 250 g/mol. The molecule has 0 aromatic carbocycles. The number of carbonyl (C=O) groups excluding carboxylic acids is 1. The minimum Gasteiger partial charge on any atom is -0.464 e. The summed E-state index contributed by atoms with van der Waals surface area (Å²) in [7, 11) is 0. The fourth-order valence-electron chi connectivity index (χ4n) is 1.68. The largest absolute Gasteiger partial charge is 0.464 e. The van der Waals surface area contributed by atoms with Crippen molar-refractivity contribution in [2.75, 3.05) is 13.2 Å². The number of nitrogens with zero attached hydrogens (tertiary/aromatic N) is 2. The SMILES string of the molecule is C=C(C)C(=O)OCCN(C(=O)O)N1NC(C)=CC1C. The average molecular weight is 269 g/mol. The van der Waals surface area contributed by atoms with Crippen molar-refractivity contribution < 1.29 is 19.4 Å². The van der Waals surface area contributed by atoms with Gasteiger partial charge in [-0.15, -0.1) is 5.12 Å². The number of allylic oxidation sites excluding steroid dienone is 1. The lowest BCUT2D eigenvalue weighted by atomic mass is 10.3. The summed E-state index contributed by atoms with van der Waals surface area (Å²) in [6.07, 6.45) is 0.782. The van der Waals surface area contributed by atoms with E-state index in [-0.39, 0.29) is 24.8 Å². The Morgan fingerprint density at radius 2 is 2.26 bits per heavy atom. The minimum atomic E-state index is -1.12. The highest BCUT2D eigenvalue weighted by Crippen LogP contribution is 2.13. The van der Waals surface area contributed by atoms with Crippen molar-refractivity contribution in [1.82, 2.24) is 15.6 Å². The lowest BCUT2D eigenvalue weighted by molar-refractivity contribution is -0.141. The lowest BCUT2D eigenvalue weighted by Gasteiger charge is -2.32. The zero-order valence-electron chi connectivity index (χ0n) is 11.3. The highest BCUT2D eigenvalue weighted by molar-refractivity contribution is 5.86. The van der Waals surface area contributed by atoms with E-state index in [1.807, 2.05) is 19.9 Å². The molecule has 1 unspecified atom stereocenters. The zero-order chi connectivity index (χ0) is 14.6. The van der Waals surface area contributed by atoms with Gasteiger partial charge in [0.1, 0.15) is 6.61 Å². The summed E-state index contributed by atoms with van der Waals surface area (Å²) in [4.78, 5) is 22.4. The maximum Gasteiger partial charge on any atom is 0.423 e. The molecule has 0 radical (unpaired) electrons. The Labute approximate surface area is 112 Å². The molecule has 0 aromatic heterocycles. The number of hydrazine groups is 2. The first-order valence-corrected chi connectivity index (χ1v) is 5.90. The molecule has 0 saturated carbocycles. The molecule has 2 N–H and O–H groups in total. The predicted molar refractivity (Wildman–Crippen MR) is 68.7 cm³/mol. The van der Waals surface area contributed by atoms with Crippen LogP contribution in [0.25, 0.3) is 0 Å². The third-order valence-corrected chi connectivity index (χ3v) is 2.53. The smallest absolute Gasteiger partial charge is 0.423 e. The van der Waals surface area contributed by atoms with E-state index >= 15 is 0 Å². The number of carboxylic acid groups (broad SMARTS) is 1. The lowest BCUT2D eigenvalue weighted by Crippen LogP contribution is -2.54. The van der Waals surface area contributed by atoms with Crippen molar-refractivity contribution in [2.24, 2.45) is 0 Å². The van der Waals surface area contributed by atoms with Gasteiger partial charge >= 0.3 is 12.1 Å². The molecule has 1 rings (SSSR count). The normalized spacial score (nSPS) is 18.5. The van der Waals surface area contributed by atoms with Crippen molar-refractivity contribution in [1.29, 1.82) is 0 Å². The van der Waals surface area contributed by atoms with E-state index in [0.717, 1.165) is 10.7 Å². The third kappa shape index (κ3) is 3.99. The van der Waals surface area contributed by atoms with Crippen molar-refractivity contribution in [3.8, 4) is 0 Å². The van der Waals surface area contributed by atoms with Gasteiger partial charge in [0.2, 0.25) is 0 Å². The van der Waals surface area contributed by atoms with Gasteiger partial charge in [-0.1, -0.05) is 6.58 Å². The molecule has 1 atom stereocenters. The second-order valence-corrected chi connectivity index (χ2v) is 4.37. The third-order valence-electron chi connectivity index (χ3n) is 2.53. The number of hydrogen-bond donors (Lipinski definition) is 2. The van der Waals surface area contributed by atoms with E-state index in [1.54, 1.807) is 0 Å². The van der Waals surface area contributed by atoms with Gasteiger partial charge in [-0.25, -0.2) is 14.6 Å². The molecule has 1 aliphatic rings. The van der Waals surface area contributed by atoms with Gasteiger partial charge in [0, 0.05) is 11.3 Å². The first kappa shape index (κ1) is 15.0. The first-order chi connectivity index (χ1) is 8.82. The van der Waals surface area contributed by atoms with Crippen molar-refractivity contribution in [3.63, 3.8) is 0 Å². The van der Waals surface area contributed by atoms with E-state index in [0.29, 0.717) is 0 Å². The van der Waals surface area contributed by atoms with E-state index < -0.39 is 12.1 Å². The quantitative estimate of drug-likeness (QED) is 0.575. The maximum absolute atomic E-state index is 11.2. The van der Waals surface area contributed by atoms with Crippen LogP contribution in [0, 0.1) is 0 Å². The fraction of sp³-hybridized carbons (Fsp3) is 0.500. The fourth-order valence-corrected chi connectivity index (χ4v) is 1.68. The van der Waals surface area contributed by atoms with Crippen LogP contribution in [0.1, 0.15) is 20.8 Å². The molecule has 1 amide bonds. The van der Waals surface area contributed by atoms with Crippen LogP contribution in [0.3, 0.4) is 0 Å². The summed E-state index contributed by atoms with van der Waals surface area (Å²) in [5.74, 6) is -0.526. The molecule has 0 bridgehead atoms. The highest BCUT2D eigenvalue weighted by Gasteiger charge is 2.28. The van der Waals surface area contributed by atoms with Crippen LogP contribution in [0.2, 0.25) is 0 Å². The van der Waals surface area contributed by atoms with Crippen molar-refractivity contribution in [2.45, 2.75) is 26.8 Å². The molecule has 1 heterocycles. The average Bonchev–Trinajstić information content (AvgIpc) is 2.62. The second kappa shape index (κ2) is 6.24. The Morgan fingerprint density at radius 3 is 2.68 bits per heavy atom. The maximum atomic E-state index is 11.2. The van der Waals surface area contributed by atoms with Gasteiger partial charge in [0.05, 0.1) is 12.6 Å². The van der Waals surface area contributed by atoms with E-state index in [1.165, 1.54) is 12.0 Å². The summed E-state index contributed by atoms with van der Waals surface area (Å²) in [5, 5.41) is 11.7. The van der Waals surface area contributed by atoms with Crippen LogP contribution in [-0.4, -0.2) is 46.5 Å². The summed E-state index contributed by atoms with van der Waals surface area (Å²) in [5.41, 5.74) is 4.08. The predicted octanol–water partition coefficient (Wildman–Crippen LogP) is 1.11. The zero-order valence-corrected chi connectivity index (χ0v) is 11.3. The number of rotatable bonds is 5. The molecule has 19 heavy (non-hydrogen) atoms. The first-order valence-electron chi connectivity index (χ1n) is 5.90. The molecular formula is C12H19N3O4. The van der Waals surface area contributed by atoms with Gasteiger partial charge in [-0.2, -0.15) is 0 Å². The Kier molecular flexibility index (Phi) is 4.94. The van der Waals surface area contributed by atoms with Gasteiger partial charge in [0.15, 0.2) is 0 Å². The van der Waals surface area contributed by atoms with E-state index in [4.69, 9.17) is 4.74 Å². The van der Waals surface area contributed by atoms with Crippen LogP contribution in [0.5, 0.6) is 0 Å². The Balaban J connectivity index is 2.53. The number of nitrogens with one attached hydrogen (secondary N) is 1. The molecule has 0 saturated heterocycles. The van der Waals surface area contributed by atoms with Gasteiger partial charge in [-0.05, 0) is 26.8 Å². The van der Waals surface area contributed by atoms with Crippen LogP contribution in [0.4, 0.5) is 4.79 Å². The molecule has 0 fully saturated rings. The molecule has 0 aromatic rings. The van der Waals surface area contributed by atoms with Crippen LogP contribution in [0.15, 0.2) is 23.9 Å². The molecule has 7 nitrogen and oxygen atoms in total. The Hall–Kier alpha value is -2.02. The standard InChI is InChI=1S/C12H19N3O4/c1-8(2)11(16)19-6-5-14(12(17)18)15-10(4)7-9(3)13-15/h7,10,13H,1,5-6H2,2-4H3,(H,17,18). The Bertz CT molecular complexity index is 419. The number of carbonyl (C=O) groups is 2. The summed E-state index contributed by atoms with van der Waals surface area (Å²) in [6.45, 7) is 8.72.